The second kappa shape index (κ2) is 6.53. The van der Waals surface area contributed by atoms with Crippen molar-refractivity contribution in [1.82, 2.24) is 5.32 Å². The zero-order valence-corrected chi connectivity index (χ0v) is 13.1. The molecule has 1 aromatic carbocycles. The molecular formula is C15H21BrN2O. The lowest BCUT2D eigenvalue weighted by Gasteiger charge is -2.29. The number of hydrogen-bond acceptors (Lipinski definition) is 2. The summed E-state index contributed by atoms with van der Waals surface area (Å²) >= 11 is 3.52. The molecule has 1 heterocycles. The van der Waals surface area contributed by atoms with Crippen molar-refractivity contribution in [1.29, 1.82) is 0 Å². The van der Waals surface area contributed by atoms with Crippen LogP contribution < -0.4 is 10.6 Å². The maximum absolute atomic E-state index is 12.3. The van der Waals surface area contributed by atoms with E-state index in [-0.39, 0.29) is 11.9 Å². The van der Waals surface area contributed by atoms with E-state index in [9.17, 15) is 4.79 Å². The average molecular weight is 325 g/mol. The Labute approximate surface area is 123 Å². The molecule has 104 valence electrons. The van der Waals surface area contributed by atoms with E-state index in [2.05, 4.69) is 33.5 Å². The molecule has 1 aliphatic rings. The van der Waals surface area contributed by atoms with E-state index in [0.29, 0.717) is 5.92 Å². The molecule has 2 rings (SSSR count). The average Bonchev–Trinajstić information content (AvgIpc) is 2.44. The van der Waals surface area contributed by atoms with Crippen molar-refractivity contribution in [3.63, 3.8) is 0 Å². The number of piperidine rings is 1. The highest BCUT2D eigenvalue weighted by molar-refractivity contribution is 9.10. The number of rotatable bonds is 3. The van der Waals surface area contributed by atoms with Crippen LogP contribution in [0.2, 0.25) is 0 Å². The number of carbonyl (C=O) groups excluding carboxylic acids is 1. The van der Waals surface area contributed by atoms with Crippen molar-refractivity contribution in [2.45, 2.75) is 39.2 Å². The van der Waals surface area contributed by atoms with Crippen molar-refractivity contribution in [2.75, 3.05) is 11.9 Å². The Kier molecular flexibility index (Phi) is 4.99. The van der Waals surface area contributed by atoms with Crippen LogP contribution in [-0.2, 0) is 4.79 Å². The summed E-state index contributed by atoms with van der Waals surface area (Å²) in [7, 11) is 0. The largest absolute Gasteiger partial charge is 0.324 e. The topological polar surface area (TPSA) is 41.1 Å². The van der Waals surface area contributed by atoms with Crippen LogP contribution in [0.5, 0.6) is 0 Å². The quantitative estimate of drug-likeness (QED) is 0.893. The summed E-state index contributed by atoms with van der Waals surface area (Å²) in [6.45, 7) is 5.15. The zero-order chi connectivity index (χ0) is 13.8. The fourth-order valence-corrected chi connectivity index (χ4v) is 2.89. The van der Waals surface area contributed by atoms with Gasteiger partial charge in [0, 0.05) is 4.47 Å². The summed E-state index contributed by atoms with van der Waals surface area (Å²) < 4.78 is 0.964. The van der Waals surface area contributed by atoms with Crippen LogP contribution in [0, 0.1) is 12.8 Å². The van der Waals surface area contributed by atoms with E-state index in [0.717, 1.165) is 35.1 Å². The molecule has 0 saturated carbocycles. The van der Waals surface area contributed by atoms with Gasteiger partial charge in [0.1, 0.15) is 0 Å². The second-order valence-corrected chi connectivity index (χ2v) is 6.02. The van der Waals surface area contributed by atoms with Crippen LogP contribution >= 0.6 is 15.9 Å². The van der Waals surface area contributed by atoms with E-state index in [1.807, 2.05) is 25.1 Å². The first-order valence-electron chi connectivity index (χ1n) is 6.91. The Morgan fingerprint density at radius 1 is 1.53 bits per heavy atom. The normalized spacial score (nSPS) is 23.1. The summed E-state index contributed by atoms with van der Waals surface area (Å²) in [6, 6.07) is 5.84. The molecule has 3 nitrogen and oxygen atoms in total. The van der Waals surface area contributed by atoms with Gasteiger partial charge in [-0.3, -0.25) is 4.79 Å². The number of nitrogens with one attached hydrogen (secondary N) is 2. The van der Waals surface area contributed by atoms with Crippen LogP contribution in [0.25, 0.3) is 0 Å². The molecule has 1 aromatic rings. The molecule has 1 aliphatic heterocycles. The SMILES string of the molecule is CCC1CCNC(C(=O)Nc2cccc(C)c2Br)C1. The molecule has 0 aliphatic carbocycles. The number of benzene rings is 1. The van der Waals surface area contributed by atoms with Crippen molar-refractivity contribution in [3.8, 4) is 0 Å². The lowest BCUT2D eigenvalue weighted by Crippen LogP contribution is -2.46. The Balaban J connectivity index is 2.02. The van der Waals surface area contributed by atoms with Crippen LogP contribution in [0.1, 0.15) is 31.7 Å². The standard InChI is InChI=1S/C15H21BrN2O/c1-3-11-7-8-17-13(9-11)15(19)18-12-6-4-5-10(2)14(12)16/h4-6,11,13,17H,3,7-9H2,1-2H3,(H,18,19). The molecule has 0 aromatic heterocycles. The van der Waals surface area contributed by atoms with Crippen molar-refractivity contribution >= 4 is 27.5 Å². The molecule has 1 fully saturated rings. The van der Waals surface area contributed by atoms with Gasteiger partial charge in [-0.05, 0) is 59.8 Å². The number of halogens is 1. The number of hydrogen-bond donors (Lipinski definition) is 2. The monoisotopic (exact) mass is 324 g/mol. The van der Waals surface area contributed by atoms with E-state index < -0.39 is 0 Å². The predicted octanol–water partition coefficient (Wildman–Crippen LogP) is 3.47. The molecule has 0 bridgehead atoms. The highest BCUT2D eigenvalue weighted by Crippen LogP contribution is 2.26. The molecule has 1 amide bonds. The molecule has 1 saturated heterocycles. The van der Waals surface area contributed by atoms with Gasteiger partial charge >= 0.3 is 0 Å². The number of aryl methyl sites for hydroxylation is 1. The lowest BCUT2D eigenvalue weighted by atomic mass is 9.90. The van der Waals surface area contributed by atoms with Crippen LogP contribution in [0.4, 0.5) is 5.69 Å². The van der Waals surface area contributed by atoms with E-state index in [1.54, 1.807) is 0 Å². The van der Waals surface area contributed by atoms with Crippen molar-refractivity contribution in [2.24, 2.45) is 5.92 Å². The van der Waals surface area contributed by atoms with Gasteiger partial charge in [0.2, 0.25) is 5.91 Å². The fraction of sp³-hybridized carbons (Fsp3) is 0.533. The molecular weight excluding hydrogens is 304 g/mol. The minimum absolute atomic E-state index is 0.0638. The summed E-state index contributed by atoms with van der Waals surface area (Å²) in [5.74, 6) is 0.738. The van der Waals surface area contributed by atoms with Gasteiger partial charge in [-0.1, -0.05) is 25.5 Å². The molecule has 4 heteroatoms. The van der Waals surface area contributed by atoms with Crippen molar-refractivity contribution in [3.05, 3.63) is 28.2 Å². The number of amides is 1. The minimum atomic E-state index is -0.0638. The van der Waals surface area contributed by atoms with Crippen LogP contribution in [0.3, 0.4) is 0 Å². The van der Waals surface area contributed by atoms with Gasteiger partial charge in [0.05, 0.1) is 11.7 Å². The van der Waals surface area contributed by atoms with Gasteiger partial charge in [0.15, 0.2) is 0 Å². The van der Waals surface area contributed by atoms with E-state index in [4.69, 9.17) is 0 Å². The summed E-state index contributed by atoms with van der Waals surface area (Å²) in [5, 5.41) is 6.33. The predicted molar refractivity (Wildman–Crippen MR) is 82.3 cm³/mol. The Bertz CT molecular complexity index is 461. The highest BCUT2D eigenvalue weighted by Gasteiger charge is 2.26. The van der Waals surface area contributed by atoms with Gasteiger partial charge in [-0.25, -0.2) is 0 Å². The Morgan fingerprint density at radius 2 is 2.32 bits per heavy atom. The summed E-state index contributed by atoms with van der Waals surface area (Å²) in [6.07, 6.45) is 3.26. The smallest absolute Gasteiger partial charge is 0.241 e. The molecule has 19 heavy (non-hydrogen) atoms. The van der Waals surface area contributed by atoms with Crippen LogP contribution in [0.15, 0.2) is 22.7 Å². The summed E-state index contributed by atoms with van der Waals surface area (Å²) in [4.78, 5) is 12.3. The first-order valence-corrected chi connectivity index (χ1v) is 7.70. The maximum atomic E-state index is 12.3. The fourth-order valence-electron chi connectivity index (χ4n) is 2.53. The minimum Gasteiger partial charge on any atom is -0.324 e. The van der Waals surface area contributed by atoms with Crippen molar-refractivity contribution < 1.29 is 4.79 Å². The molecule has 2 atom stereocenters. The van der Waals surface area contributed by atoms with Gasteiger partial charge in [-0.15, -0.1) is 0 Å². The molecule has 0 spiro atoms. The number of anilines is 1. The summed E-state index contributed by atoms with van der Waals surface area (Å²) in [5.41, 5.74) is 1.98. The molecule has 2 unspecified atom stereocenters. The van der Waals surface area contributed by atoms with Gasteiger partial charge in [-0.2, -0.15) is 0 Å². The van der Waals surface area contributed by atoms with Gasteiger partial charge in [0.25, 0.3) is 0 Å². The van der Waals surface area contributed by atoms with E-state index >= 15 is 0 Å². The number of carbonyl (C=O) groups is 1. The highest BCUT2D eigenvalue weighted by atomic mass is 79.9. The Morgan fingerprint density at radius 3 is 3.05 bits per heavy atom. The zero-order valence-electron chi connectivity index (χ0n) is 11.5. The van der Waals surface area contributed by atoms with E-state index in [1.165, 1.54) is 6.42 Å². The third-order valence-electron chi connectivity index (χ3n) is 3.86. The Hall–Kier alpha value is -0.870. The second-order valence-electron chi connectivity index (χ2n) is 5.23. The first-order chi connectivity index (χ1) is 9.11. The van der Waals surface area contributed by atoms with Crippen LogP contribution in [-0.4, -0.2) is 18.5 Å². The third-order valence-corrected chi connectivity index (χ3v) is 4.91. The lowest BCUT2D eigenvalue weighted by molar-refractivity contribution is -0.119. The maximum Gasteiger partial charge on any atom is 0.241 e. The molecule has 2 N–H and O–H groups in total. The van der Waals surface area contributed by atoms with Gasteiger partial charge < -0.3 is 10.6 Å². The molecule has 0 radical (unpaired) electrons. The first kappa shape index (κ1) is 14.5. The third kappa shape index (κ3) is 3.57.